The fourth-order valence-corrected chi connectivity index (χ4v) is 2.04. The van der Waals surface area contributed by atoms with Crippen molar-refractivity contribution in [2.45, 2.75) is 52.0 Å². The molecule has 2 rings (SSSR count). The van der Waals surface area contributed by atoms with Gasteiger partial charge in [-0.15, -0.1) is 0 Å². The summed E-state index contributed by atoms with van der Waals surface area (Å²) in [5, 5.41) is 8.96. The van der Waals surface area contributed by atoms with Crippen molar-refractivity contribution < 1.29 is 19.1 Å². The highest BCUT2D eigenvalue weighted by Gasteiger charge is 2.33. The van der Waals surface area contributed by atoms with Crippen molar-refractivity contribution in [3.63, 3.8) is 0 Å². The van der Waals surface area contributed by atoms with E-state index in [1.807, 2.05) is 13.8 Å². The van der Waals surface area contributed by atoms with Crippen molar-refractivity contribution in [2.24, 2.45) is 0 Å². The quantitative estimate of drug-likeness (QED) is 0.863. The normalized spacial score (nSPS) is 15.9. The third kappa shape index (κ3) is 3.00. The molecule has 1 saturated carbocycles. The van der Waals surface area contributed by atoms with Crippen molar-refractivity contribution in [3.05, 3.63) is 17.3 Å². The Morgan fingerprint density at radius 2 is 2.15 bits per heavy atom. The number of hydrogen-bond donors (Lipinski definition) is 1. The summed E-state index contributed by atoms with van der Waals surface area (Å²) >= 11 is 0. The highest BCUT2D eigenvalue weighted by molar-refractivity contribution is 5.94. The fraction of sp³-hybridized carbons (Fsp3) is 0.643. The van der Waals surface area contributed by atoms with Gasteiger partial charge in [-0.3, -0.25) is 9.59 Å². The lowest BCUT2D eigenvalue weighted by atomic mass is 10.2. The maximum absolute atomic E-state index is 12.5. The minimum atomic E-state index is -1.03. The van der Waals surface area contributed by atoms with Crippen LogP contribution in [-0.2, 0) is 4.79 Å². The molecule has 1 aliphatic rings. The van der Waals surface area contributed by atoms with Crippen molar-refractivity contribution in [3.8, 4) is 0 Å². The van der Waals surface area contributed by atoms with Gasteiger partial charge in [-0.05, 0) is 33.1 Å². The van der Waals surface area contributed by atoms with E-state index in [2.05, 4.69) is 4.98 Å². The van der Waals surface area contributed by atoms with Crippen molar-refractivity contribution in [2.75, 3.05) is 6.54 Å². The summed E-state index contributed by atoms with van der Waals surface area (Å²) in [5.74, 6) is -0.317. The van der Waals surface area contributed by atoms with Crippen LogP contribution in [0.3, 0.4) is 0 Å². The van der Waals surface area contributed by atoms with E-state index in [1.165, 1.54) is 4.90 Å². The van der Waals surface area contributed by atoms with Crippen LogP contribution < -0.4 is 0 Å². The third-order valence-electron chi connectivity index (χ3n) is 3.62. The Morgan fingerprint density at radius 3 is 2.65 bits per heavy atom. The van der Waals surface area contributed by atoms with E-state index in [0.29, 0.717) is 23.9 Å². The van der Waals surface area contributed by atoms with E-state index < -0.39 is 11.9 Å². The SMILES string of the molecule is CCC(C)N(CC(=O)O)C(=O)c1oc(C2CC2)nc1C. The minimum absolute atomic E-state index is 0.160. The third-order valence-corrected chi connectivity index (χ3v) is 3.62. The van der Waals surface area contributed by atoms with Crippen molar-refractivity contribution >= 4 is 11.9 Å². The second-order valence-corrected chi connectivity index (χ2v) is 5.32. The number of carboxylic acid groups (broad SMARTS) is 1. The van der Waals surface area contributed by atoms with Crippen LogP contribution in [0.1, 0.15) is 61.2 Å². The monoisotopic (exact) mass is 280 g/mol. The molecule has 0 spiro atoms. The number of nitrogens with zero attached hydrogens (tertiary/aromatic N) is 2. The zero-order valence-corrected chi connectivity index (χ0v) is 12.0. The molecule has 0 radical (unpaired) electrons. The van der Waals surface area contributed by atoms with Crippen LogP contribution in [0.15, 0.2) is 4.42 Å². The van der Waals surface area contributed by atoms with Crippen LogP contribution in [0.4, 0.5) is 0 Å². The van der Waals surface area contributed by atoms with E-state index in [0.717, 1.165) is 12.8 Å². The minimum Gasteiger partial charge on any atom is -0.480 e. The molecule has 110 valence electrons. The number of carbonyl (C=O) groups excluding carboxylic acids is 1. The van der Waals surface area contributed by atoms with Gasteiger partial charge >= 0.3 is 5.97 Å². The lowest BCUT2D eigenvalue weighted by Gasteiger charge is -2.25. The lowest BCUT2D eigenvalue weighted by molar-refractivity contribution is -0.138. The Bertz CT molecular complexity index is 519. The number of hydrogen-bond acceptors (Lipinski definition) is 4. The van der Waals surface area contributed by atoms with E-state index in [-0.39, 0.29) is 18.3 Å². The first-order valence-electron chi connectivity index (χ1n) is 6.94. The van der Waals surface area contributed by atoms with Gasteiger partial charge in [-0.2, -0.15) is 0 Å². The molecule has 0 saturated heterocycles. The average molecular weight is 280 g/mol. The predicted molar refractivity (Wildman–Crippen MR) is 71.6 cm³/mol. The fourth-order valence-electron chi connectivity index (χ4n) is 2.04. The predicted octanol–water partition coefficient (Wildman–Crippen LogP) is 2.19. The van der Waals surface area contributed by atoms with Gasteiger partial charge in [0.05, 0.1) is 5.69 Å². The number of rotatable bonds is 6. The standard InChI is InChI=1S/C14H20N2O4/c1-4-8(2)16(7-11(17)18)14(19)12-9(3)15-13(20-12)10-5-6-10/h8,10H,4-7H2,1-3H3,(H,17,18). The Labute approximate surface area is 117 Å². The number of carbonyl (C=O) groups is 2. The Balaban J connectivity index is 2.23. The number of amides is 1. The van der Waals surface area contributed by atoms with Gasteiger partial charge in [0.2, 0.25) is 5.76 Å². The number of carboxylic acids is 1. The Morgan fingerprint density at radius 1 is 1.50 bits per heavy atom. The van der Waals surface area contributed by atoms with Crippen molar-refractivity contribution in [1.82, 2.24) is 9.88 Å². The second-order valence-electron chi connectivity index (χ2n) is 5.32. The molecule has 20 heavy (non-hydrogen) atoms. The van der Waals surface area contributed by atoms with Crippen molar-refractivity contribution in [1.29, 1.82) is 0 Å². The Hall–Kier alpha value is -1.85. The molecule has 6 heteroatoms. The molecule has 1 aromatic heterocycles. The summed E-state index contributed by atoms with van der Waals surface area (Å²) in [5.41, 5.74) is 0.538. The van der Waals surface area contributed by atoms with Gasteiger partial charge in [0, 0.05) is 12.0 Å². The molecule has 1 heterocycles. The summed E-state index contributed by atoms with van der Waals surface area (Å²) in [4.78, 5) is 29.0. The molecule has 1 aliphatic carbocycles. The topological polar surface area (TPSA) is 83.6 Å². The summed E-state index contributed by atoms with van der Waals surface area (Å²) in [6.07, 6.45) is 2.76. The summed E-state index contributed by atoms with van der Waals surface area (Å²) in [7, 11) is 0. The van der Waals surface area contributed by atoms with E-state index in [4.69, 9.17) is 9.52 Å². The molecule has 6 nitrogen and oxygen atoms in total. The molecule has 1 unspecified atom stereocenters. The first-order chi connectivity index (χ1) is 9.43. The number of aliphatic carboxylic acids is 1. The van der Waals surface area contributed by atoms with Gasteiger partial charge in [-0.25, -0.2) is 4.98 Å². The summed E-state index contributed by atoms with van der Waals surface area (Å²) < 4.78 is 5.56. The molecule has 0 aromatic carbocycles. The maximum Gasteiger partial charge on any atom is 0.323 e. The van der Waals surface area contributed by atoms with Crippen LogP contribution in [0, 0.1) is 6.92 Å². The van der Waals surface area contributed by atoms with Gasteiger partial charge in [0.1, 0.15) is 6.54 Å². The zero-order chi connectivity index (χ0) is 14.9. The highest BCUT2D eigenvalue weighted by atomic mass is 16.4. The molecular weight excluding hydrogens is 260 g/mol. The van der Waals surface area contributed by atoms with Crippen LogP contribution in [-0.4, -0.2) is 39.5 Å². The molecular formula is C14H20N2O4. The average Bonchev–Trinajstić information content (AvgIpc) is 3.17. The number of aryl methyl sites for hydroxylation is 1. The van der Waals surface area contributed by atoms with Crippen LogP contribution in [0.2, 0.25) is 0 Å². The molecule has 1 fully saturated rings. The van der Waals surface area contributed by atoms with Gasteiger partial charge in [0.25, 0.3) is 5.91 Å². The molecule has 1 aromatic rings. The highest BCUT2D eigenvalue weighted by Crippen LogP contribution is 2.40. The zero-order valence-electron chi connectivity index (χ0n) is 12.0. The summed E-state index contributed by atoms with van der Waals surface area (Å²) in [6.45, 7) is 5.13. The van der Waals surface area contributed by atoms with Crippen LogP contribution in [0.5, 0.6) is 0 Å². The summed E-state index contributed by atoms with van der Waals surface area (Å²) in [6, 6.07) is -0.160. The lowest BCUT2D eigenvalue weighted by Crippen LogP contribution is -2.41. The first-order valence-corrected chi connectivity index (χ1v) is 6.94. The molecule has 1 amide bonds. The first kappa shape index (κ1) is 14.6. The number of oxazole rings is 1. The van der Waals surface area contributed by atoms with Gasteiger partial charge in [0.15, 0.2) is 5.89 Å². The van der Waals surface area contributed by atoms with Crippen LogP contribution in [0.25, 0.3) is 0 Å². The van der Waals surface area contributed by atoms with E-state index in [1.54, 1.807) is 6.92 Å². The molecule has 0 bridgehead atoms. The van der Waals surface area contributed by atoms with Gasteiger partial charge < -0.3 is 14.4 Å². The number of aromatic nitrogens is 1. The van der Waals surface area contributed by atoms with Gasteiger partial charge in [-0.1, -0.05) is 6.92 Å². The smallest absolute Gasteiger partial charge is 0.323 e. The molecule has 0 aliphatic heterocycles. The molecule has 1 atom stereocenters. The van der Waals surface area contributed by atoms with Crippen LogP contribution >= 0.6 is 0 Å². The van der Waals surface area contributed by atoms with E-state index in [9.17, 15) is 9.59 Å². The second kappa shape index (κ2) is 5.64. The molecule has 1 N–H and O–H groups in total. The maximum atomic E-state index is 12.5. The Kier molecular flexibility index (Phi) is 4.11. The van der Waals surface area contributed by atoms with E-state index >= 15 is 0 Å². The largest absolute Gasteiger partial charge is 0.480 e.